The van der Waals surface area contributed by atoms with Crippen molar-refractivity contribution in [2.24, 2.45) is 27.2 Å². The molecule has 0 N–H and O–H groups in total. The zero-order chi connectivity index (χ0) is 18.9. The quantitative estimate of drug-likeness (QED) is 0.718. The van der Waals surface area contributed by atoms with Crippen LogP contribution in [0, 0.1) is 17.3 Å². The predicted molar refractivity (Wildman–Crippen MR) is 104 cm³/mol. The van der Waals surface area contributed by atoms with Crippen molar-refractivity contribution in [3.8, 4) is 0 Å². The summed E-state index contributed by atoms with van der Waals surface area (Å²) >= 11 is 1.61. The number of urea groups is 1. The average molecular weight is 366 g/mol. The van der Waals surface area contributed by atoms with Crippen molar-refractivity contribution in [2.45, 2.75) is 47.5 Å². The van der Waals surface area contributed by atoms with E-state index in [1.165, 1.54) is 11.6 Å². The van der Waals surface area contributed by atoms with Crippen molar-refractivity contribution in [1.82, 2.24) is 4.90 Å². The molecule has 0 saturated carbocycles. The second-order valence-electron chi connectivity index (χ2n) is 8.28. The molecule has 0 bridgehead atoms. The van der Waals surface area contributed by atoms with Gasteiger partial charge < -0.3 is 0 Å². The van der Waals surface area contributed by atoms with Gasteiger partial charge in [-0.05, 0) is 23.5 Å². The molecule has 0 radical (unpaired) electrons. The smallest absolute Gasteiger partial charge is 0.255 e. The van der Waals surface area contributed by atoms with Crippen molar-refractivity contribution in [3.05, 3.63) is 0 Å². The van der Waals surface area contributed by atoms with Gasteiger partial charge in [-0.25, -0.2) is 9.79 Å². The molecule has 0 aliphatic carbocycles. The monoisotopic (exact) mass is 365 g/mol. The van der Waals surface area contributed by atoms with Gasteiger partial charge in [0.25, 0.3) is 5.84 Å². The van der Waals surface area contributed by atoms with Crippen LogP contribution in [0.25, 0.3) is 0 Å². The standard InChI is InChI=1S/C18H29N4O2S/c1-11(2)8-9-25-15-13-14(19-12(20-15)10-18(3,4)5)21(6)17(24)22(7)16(13)23/h11,13H,8-10H2,1-7H3/q+1. The minimum atomic E-state index is -0.561. The number of hydrogen-bond acceptors (Lipinski definition) is 5. The van der Waals surface area contributed by atoms with Gasteiger partial charge in [-0.2, -0.15) is 9.48 Å². The number of imide groups is 1. The lowest BCUT2D eigenvalue weighted by Crippen LogP contribution is -2.54. The molecule has 0 spiro atoms. The fourth-order valence-electron chi connectivity index (χ4n) is 2.69. The number of amidine groups is 2. The van der Waals surface area contributed by atoms with Crippen molar-refractivity contribution in [2.75, 3.05) is 19.8 Å². The van der Waals surface area contributed by atoms with Gasteiger partial charge in [0, 0.05) is 6.42 Å². The van der Waals surface area contributed by atoms with E-state index < -0.39 is 5.92 Å². The van der Waals surface area contributed by atoms with E-state index in [0.717, 1.165) is 22.1 Å². The molecule has 0 saturated heterocycles. The van der Waals surface area contributed by atoms with Gasteiger partial charge >= 0.3 is 11.9 Å². The van der Waals surface area contributed by atoms with E-state index >= 15 is 0 Å². The van der Waals surface area contributed by atoms with E-state index in [2.05, 4.69) is 39.6 Å². The molecule has 1 atom stereocenters. The Bertz CT molecular complexity index is 671. The van der Waals surface area contributed by atoms with Gasteiger partial charge in [-0.15, -0.1) is 11.8 Å². The van der Waals surface area contributed by atoms with Gasteiger partial charge in [-0.3, -0.25) is 4.79 Å². The molecule has 2 aliphatic heterocycles. The highest BCUT2D eigenvalue weighted by atomic mass is 32.2. The number of carbonyl (C=O) groups is 2. The number of aliphatic imine (C=N–C) groups is 2. The molecule has 3 amide bonds. The first-order valence-corrected chi connectivity index (χ1v) is 9.71. The van der Waals surface area contributed by atoms with E-state index in [0.29, 0.717) is 24.0 Å². The van der Waals surface area contributed by atoms with Crippen LogP contribution in [0.4, 0.5) is 4.79 Å². The average Bonchev–Trinajstić information content (AvgIpc) is 2.48. The van der Waals surface area contributed by atoms with Crippen LogP contribution >= 0.6 is 11.8 Å². The highest BCUT2D eigenvalue weighted by molar-refractivity contribution is 8.14. The van der Waals surface area contributed by atoms with E-state index in [4.69, 9.17) is 4.99 Å². The van der Waals surface area contributed by atoms with Crippen LogP contribution in [-0.2, 0) is 4.79 Å². The van der Waals surface area contributed by atoms with Gasteiger partial charge in [0.15, 0.2) is 5.92 Å². The van der Waals surface area contributed by atoms with Crippen molar-refractivity contribution >= 4 is 40.4 Å². The van der Waals surface area contributed by atoms with Crippen LogP contribution in [0.15, 0.2) is 9.98 Å². The summed E-state index contributed by atoms with van der Waals surface area (Å²) in [6.07, 6.45) is 1.75. The molecule has 7 heteroatoms. The molecule has 2 rings (SSSR count). The van der Waals surface area contributed by atoms with E-state index in [-0.39, 0.29) is 17.4 Å². The van der Waals surface area contributed by atoms with Crippen LogP contribution in [-0.4, -0.2) is 58.0 Å². The fourth-order valence-corrected chi connectivity index (χ4v) is 4.03. The van der Waals surface area contributed by atoms with Crippen LogP contribution in [0.5, 0.6) is 0 Å². The summed E-state index contributed by atoms with van der Waals surface area (Å²) in [7, 11) is 3.19. The molecule has 6 nitrogen and oxygen atoms in total. The Labute approximate surface area is 154 Å². The zero-order valence-corrected chi connectivity index (χ0v) is 17.1. The number of amides is 3. The summed E-state index contributed by atoms with van der Waals surface area (Å²) in [6, 6.07) is -0.344. The summed E-state index contributed by atoms with van der Waals surface area (Å²) < 4.78 is 1.48. The Morgan fingerprint density at radius 1 is 1.24 bits per heavy atom. The number of carbonyl (C=O) groups excluding carboxylic acids is 2. The van der Waals surface area contributed by atoms with E-state index in [9.17, 15) is 9.59 Å². The maximum atomic E-state index is 12.7. The summed E-state index contributed by atoms with van der Waals surface area (Å²) in [5.74, 6) is 1.90. The molecule has 1 unspecified atom stereocenters. The van der Waals surface area contributed by atoms with Crippen molar-refractivity contribution < 1.29 is 14.2 Å². The van der Waals surface area contributed by atoms with Crippen LogP contribution in [0.1, 0.15) is 47.5 Å². The lowest BCUT2D eigenvalue weighted by molar-refractivity contribution is -0.407. The van der Waals surface area contributed by atoms with Crippen LogP contribution in [0.3, 0.4) is 0 Å². The Kier molecular flexibility index (Phi) is 5.86. The molecule has 0 aromatic rings. The fraction of sp³-hybridized carbons (Fsp3) is 0.722. The van der Waals surface area contributed by atoms with Crippen molar-refractivity contribution in [1.29, 1.82) is 0 Å². The number of fused-ring (bicyclic) bond motifs is 1. The first-order chi connectivity index (χ1) is 11.5. The third-order valence-electron chi connectivity index (χ3n) is 4.12. The first kappa shape index (κ1) is 19.8. The van der Waals surface area contributed by atoms with E-state index in [1.54, 1.807) is 18.8 Å². The number of thioether (sulfide) groups is 1. The third-order valence-corrected chi connectivity index (χ3v) is 5.18. The topological polar surface area (TPSA) is 65.1 Å². The van der Waals surface area contributed by atoms with Crippen LogP contribution < -0.4 is 0 Å². The Morgan fingerprint density at radius 2 is 1.88 bits per heavy atom. The number of nitrogens with zero attached hydrogens (tertiary/aromatic N) is 4. The molecule has 2 aliphatic rings. The second kappa shape index (κ2) is 7.40. The molecule has 0 aromatic carbocycles. The predicted octanol–water partition coefficient (Wildman–Crippen LogP) is 3.26. The van der Waals surface area contributed by atoms with Gasteiger partial charge in [0.2, 0.25) is 5.84 Å². The SMILES string of the molecule is CC(C)CCSC1=NC(CC(C)(C)C)=NC2=[N+](C)C(=O)N(C)C(=O)C12. The Hall–Kier alpha value is -1.50. The lowest BCUT2D eigenvalue weighted by Gasteiger charge is -2.27. The van der Waals surface area contributed by atoms with Crippen LogP contribution in [0.2, 0.25) is 0 Å². The molecular formula is C18H29N4O2S+. The summed E-state index contributed by atoms with van der Waals surface area (Å²) in [4.78, 5) is 35.5. The molecular weight excluding hydrogens is 336 g/mol. The number of rotatable bonds is 4. The summed E-state index contributed by atoms with van der Waals surface area (Å²) in [6.45, 7) is 10.7. The second-order valence-corrected chi connectivity index (χ2v) is 9.39. The largest absolute Gasteiger partial charge is 0.445 e. The van der Waals surface area contributed by atoms with Gasteiger partial charge in [-0.1, -0.05) is 39.6 Å². The highest BCUT2D eigenvalue weighted by Gasteiger charge is 2.49. The molecule has 138 valence electrons. The summed E-state index contributed by atoms with van der Waals surface area (Å²) in [5, 5.41) is 0.765. The van der Waals surface area contributed by atoms with E-state index in [1.807, 2.05) is 0 Å². The minimum absolute atomic E-state index is 0.0293. The van der Waals surface area contributed by atoms with Gasteiger partial charge in [0.05, 0.1) is 14.1 Å². The first-order valence-electron chi connectivity index (χ1n) is 8.72. The summed E-state index contributed by atoms with van der Waals surface area (Å²) in [5.41, 5.74) is 0.0293. The molecule has 2 heterocycles. The Balaban J connectivity index is 2.42. The zero-order valence-electron chi connectivity index (χ0n) is 16.3. The Morgan fingerprint density at radius 3 is 2.44 bits per heavy atom. The maximum absolute atomic E-state index is 12.7. The maximum Gasteiger partial charge on any atom is 0.445 e. The molecule has 0 aromatic heterocycles. The molecule has 25 heavy (non-hydrogen) atoms. The van der Waals surface area contributed by atoms with Gasteiger partial charge in [0.1, 0.15) is 5.04 Å². The third kappa shape index (κ3) is 4.57. The highest BCUT2D eigenvalue weighted by Crippen LogP contribution is 2.29. The normalized spacial score (nSPS) is 21.6. The number of hydrogen-bond donors (Lipinski definition) is 0. The van der Waals surface area contributed by atoms with Crippen molar-refractivity contribution in [3.63, 3.8) is 0 Å². The lowest BCUT2D eigenvalue weighted by atomic mass is 9.91. The molecule has 0 fully saturated rings. The minimum Gasteiger partial charge on any atom is -0.255 e.